The Morgan fingerprint density at radius 2 is 1.91 bits per heavy atom. The fraction of sp³-hybridized carbons (Fsp3) is 0.125. The van der Waals surface area contributed by atoms with E-state index in [2.05, 4.69) is 30.5 Å². The SMILES string of the molecule is O=C(NCc1cccc(OCCOc2ncn[nH]2)c1)c1nc2scc(-c3ccccc3)c2c(=O)[nH]1. The zero-order chi connectivity index (χ0) is 24.0. The molecular weight excluding hydrogens is 468 g/mol. The number of carbonyl (C=O) groups is 1. The van der Waals surface area contributed by atoms with Crippen LogP contribution in [0, 0.1) is 0 Å². The molecule has 0 aliphatic carbocycles. The molecule has 0 unspecified atom stereocenters. The van der Waals surface area contributed by atoms with Crippen molar-refractivity contribution in [2.75, 3.05) is 13.2 Å². The van der Waals surface area contributed by atoms with Gasteiger partial charge in [0.1, 0.15) is 30.1 Å². The summed E-state index contributed by atoms with van der Waals surface area (Å²) in [5, 5.41) is 11.5. The number of amides is 1. The van der Waals surface area contributed by atoms with Gasteiger partial charge in [-0.2, -0.15) is 10.1 Å². The minimum Gasteiger partial charge on any atom is -0.490 e. The Kier molecular flexibility index (Phi) is 6.48. The second-order valence-corrected chi connectivity index (χ2v) is 8.29. The molecule has 0 radical (unpaired) electrons. The molecule has 10 nitrogen and oxygen atoms in total. The number of H-pyrrole nitrogens is 2. The van der Waals surface area contributed by atoms with E-state index in [4.69, 9.17) is 9.47 Å². The van der Waals surface area contributed by atoms with Crippen molar-refractivity contribution in [2.24, 2.45) is 0 Å². The molecule has 3 N–H and O–H groups in total. The van der Waals surface area contributed by atoms with Gasteiger partial charge in [0, 0.05) is 17.5 Å². The monoisotopic (exact) mass is 488 g/mol. The molecule has 0 saturated carbocycles. The van der Waals surface area contributed by atoms with Gasteiger partial charge in [0.25, 0.3) is 11.5 Å². The van der Waals surface area contributed by atoms with Crippen molar-refractivity contribution in [3.05, 3.63) is 88.0 Å². The van der Waals surface area contributed by atoms with Gasteiger partial charge in [-0.15, -0.1) is 11.3 Å². The first-order valence-corrected chi connectivity index (χ1v) is 11.6. The molecule has 2 aromatic carbocycles. The van der Waals surface area contributed by atoms with Gasteiger partial charge < -0.3 is 19.8 Å². The van der Waals surface area contributed by atoms with Gasteiger partial charge in [-0.25, -0.2) is 10.1 Å². The van der Waals surface area contributed by atoms with Gasteiger partial charge >= 0.3 is 6.01 Å². The van der Waals surface area contributed by atoms with E-state index in [-0.39, 0.29) is 17.9 Å². The fourth-order valence-corrected chi connectivity index (χ4v) is 4.41. The summed E-state index contributed by atoms with van der Waals surface area (Å²) in [6.45, 7) is 0.853. The maximum absolute atomic E-state index is 12.8. The van der Waals surface area contributed by atoms with Crippen LogP contribution in [0.2, 0.25) is 0 Å². The van der Waals surface area contributed by atoms with Crippen molar-refractivity contribution < 1.29 is 14.3 Å². The molecule has 0 aliphatic heterocycles. The number of carbonyl (C=O) groups excluding carboxylic acids is 1. The van der Waals surface area contributed by atoms with Crippen molar-refractivity contribution in [3.8, 4) is 22.9 Å². The molecule has 3 heterocycles. The second kappa shape index (κ2) is 10.2. The van der Waals surface area contributed by atoms with Gasteiger partial charge in [0.2, 0.25) is 5.82 Å². The van der Waals surface area contributed by atoms with Gasteiger partial charge in [-0.3, -0.25) is 9.59 Å². The van der Waals surface area contributed by atoms with Crippen LogP contribution >= 0.6 is 11.3 Å². The van der Waals surface area contributed by atoms with Crippen molar-refractivity contribution in [1.29, 1.82) is 0 Å². The average molecular weight is 489 g/mol. The van der Waals surface area contributed by atoms with E-state index < -0.39 is 5.91 Å². The summed E-state index contributed by atoms with van der Waals surface area (Å²) < 4.78 is 11.0. The first-order valence-electron chi connectivity index (χ1n) is 10.7. The molecule has 3 aromatic heterocycles. The number of nitrogens with one attached hydrogen (secondary N) is 3. The molecule has 5 aromatic rings. The Morgan fingerprint density at radius 3 is 2.74 bits per heavy atom. The highest BCUT2D eigenvalue weighted by Crippen LogP contribution is 2.30. The predicted molar refractivity (Wildman–Crippen MR) is 131 cm³/mol. The minimum atomic E-state index is -0.467. The van der Waals surface area contributed by atoms with E-state index in [1.807, 2.05) is 60.0 Å². The quantitative estimate of drug-likeness (QED) is 0.271. The number of fused-ring (bicyclic) bond motifs is 1. The Hall–Kier alpha value is -4.51. The number of aromatic nitrogens is 5. The lowest BCUT2D eigenvalue weighted by molar-refractivity contribution is 0.0940. The van der Waals surface area contributed by atoms with Crippen LogP contribution in [0.15, 0.2) is 71.1 Å². The summed E-state index contributed by atoms with van der Waals surface area (Å²) >= 11 is 1.33. The molecular formula is C24H20N6O4S. The summed E-state index contributed by atoms with van der Waals surface area (Å²) in [4.78, 5) is 36.9. The van der Waals surface area contributed by atoms with E-state index >= 15 is 0 Å². The predicted octanol–water partition coefficient (Wildman–Crippen LogP) is 3.16. The van der Waals surface area contributed by atoms with Crippen LogP contribution in [0.1, 0.15) is 16.2 Å². The van der Waals surface area contributed by atoms with Crippen molar-refractivity contribution in [2.45, 2.75) is 6.54 Å². The Bertz CT molecular complexity index is 1500. The van der Waals surface area contributed by atoms with E-state index in [0.717, 1.165) is 16.7 Å². The molecule has 5 rings (SSSR count). The van der Waals surface area contributed by atoms with E-state index in [0.29, 0.717) is 35.2 Å². The average Bonchev–Trinajstić information content (AvgIpc) is 3.56. The molecule has 0 aliphatic rings. The Morgan fingerprint density at radius 1 is 1.06 bits per heavy atom. The first kappa shape index (κ1) is 22.3. The maximum Gasteiger partial charge on any atom is 0.312 e. The third-order valence-corrected chi connectivity index (χ3v) is 5.95. The molecule has 35 heavy (non-hydrogen) atoms. The molecule has 1 amide bonds. The summed E-state index contributed by atoms with van der Waals surface area (Å²) in [7, 11) is 0. The zero-order valence-electron chi connectivity index (χ0n) is 18.4. The smallest absolute Gasteiger partial charge is 0.312 e. The van der Waals surface area contributed by atoms with Crippen LogP contribution in [-0.2, 0) is 6.54 Å². The summed E-state index contributed by atoms with van der Waals surface area (Å²) in [5.74, 6) is 0.143. The lowest BCUT2D eigenvalue weighted by Crippen LogP contribution is -2.27. The van der Waals surface area contributed by atoms with E-state index in [1.54, 1.807) is 0 Å². The highest BCUT2D eigenvalue weighted by molar-refractivity contribution is 7.17. The Labute approximate surface area is 203 Å². The standard InChI is InChI=1S/C24H20N6O4S/c31-21-19-18(16-6-2-1-3-7-16)13-35-23(19)29-20(28-21)22(32)25-12-15-5-4-8-17(11-15)33-9-10-34-24-26-14-27-30-24/h1-8,11,13-14H,9-10,12H2,(H,25,32)(H,26,27,30)(H,28,29,31). The summed E-state index contributed by atoms with van der Waals surface area (Å²) in [6.07, 6.45) is 1.36. The van der Waals surface area contributed by atoms with Crippen molar-refractivity contribution >= 4 is 27.5 Å². The lowest BCUT2D eigenvalue weighted by atomic mass is 10.1. The molecule has 176 valence electrons. The highest BCUT2D eigenvalue weighted by atomic mass is 32.1. The second-order valence-electron chi connectivity index (χ2n) is 7.43. The van der Waals surface area contributed by atoms with Crippen molar-refractivity contribution in [3.63, 3.8) is 0 Å². The largest absolute Gasteiger partial charge is 0.490 e. The highest BCUT2D eigenvalue weighted by Gasteiger charge is 2.16. The first-order chi connectivity index (χ1) is 17.2. The van der Waals surface area contributed by atoms with Crippen LogP contribution < -0.4 is 20.3 Å². The number of benzene rings is 2. The number of hydrogen-bond acceptors (Lipinski definition) is 8. The maximum atomic E-state index is 12.8. The van der Waals surface area contributed by atoms with Gasteiger partial charge in [-0.05, 0) is 23.3 Å². The number of hydrogen-bond donors (Lipinski definition) is 3. The number of rotatable bonds is 9. The van der Waals surface area contributed by atoms with Crippen LogP contribution in [0.25, 0.3) is 21.3 Å². The third kappa shape index (κ3) is 5.20. The van der Waals surface area contributed by atoms with Crippen LogP contribution in [0.3, 0.4) is 0 Å². The normalized spacial score (nSPS) is 10.9. The third-order valence-electron chi connectivity index (χ3n) is 5.08. The summed E-state index contributed by atoms with van der Waals surface area (Å²) in [5.41, 5.74) is 2.21. The number of aromatic amines is 2. The zero-order valence-corrected chi connectivity index (χ0v) is 19.2. The Balaban J connectivity index is 1.21. The van der Waals surface area contributed by atoms with Crippen LogP contribution in [-0.4, -0.2) is 44.3 Å². The topological polar surface area (TPSA) is 135 Å². The summed E-state index contributed by atoms with van der Waals surface area (Å²) in [6, 6.07) is 17.3. The molecule has 0 saturated heterocycles. The van der Waals surface area contributed by atoms with E-state index in [9.17, 15) is 9.59 Å². The number of ether oxygens (including phenoxy) is 2. The van der Waals surface area contributed by atoms with Gasteiger partial charge in [-0.1, -0.05) is 42.5 Å². The van der Waals surface area contributed by atoms with Crippen molar-refractivity contribution in [1.82, 2.24) is 30.5 Å². The molecule has 0 bridgehead atoms. The van der Waals surface area contributed by atoms with Gasteiger partial charge in [0.05, 0.1) is 5.39 Å². The van der Waals surface area contributed by atoms with Gasteiger partial charge in [0.15, 0.2) is 0 Å². The molecule has 0 fully saturated rings. The van der Waals surface area contributed by atoms with Crippen LogP contribution in [0.4, 0.5) is 0 Å². The minimum absolute atomic E-state index is 0.0269. The molecule has 11 heteroatoms. The van der Waals surface area contributed by atoms with Crippen LogP contribution in [0.5, 0.6) is 11.8 Å². The molecule has 0 spiro atoms. The fourth-order valence-electron chi connectivity index (χ4n) is 3.46. The lowest BCUT2D eigenvalue weighted by Gasteiger charge is -2.09. The number of nitrogens with zero attached hydrogens (tertiary/aromatic N) is 3. The number of thiophene rings is 1. The molecule has 0 atom stereocenters. The van der Waals surface area contributed by atoms with E-state index in [1.165, 1.54) is 17.7 Å².